The normalized spacial score (nSPS) is 33.9. The molecule has 2 heterocycles. The van der Waals surface area contributed by atoms with Crippen LogP contribution >= 0.6 is 0 Å². The van der Waals surface area contributed by atoms with Crippen LogP contribution in [0.15, 0.2) is 24.3 Å². The SMILES string of the molecule is CC1C2(c3ccc(F)cc3)OCC(C#N)(C#N)C1(C#N)C(=N)O2. The van der Waals surface area contributed by atoms with Crippen molar-refractivity contribution in [2.75, 3.05) is 6.61 Å². The van der Waals surface area contributed by atoms with Crippen LogP contribution in [-0.2, 0) is 15.3 Å². The van der Waals surface area contributed by atoms with Crippen molar-refractivity contribution < 1.29 is 13.9 Å². The lowest BCUT2D eigenvalue weighted by molar-refractivity contribution is -0.252. The third-order valence-electron chi connectivity index (χ3n) is 4.81. The second-order valence-electron chi connectivity index (χ2n) is 5.66. The van der Waals surface area contributed by atoms with Gasteiger partial charge in [0.1, 0.15) is 5.82 Å². The van der Waals surface area contributed by atoms with Crippen molar-refractivity contribution in [3.63, 3.8) is 0 Å². The molecule has 0 aromatic heterocycles. The van der Waals surface area contributed by atoms with Crippen LogP contribution in [0, 0.1) is 62.0 Å². The number of ether oxygens (including phenoxy) is 2. The number of nitriles is 3. The molecule has 3 rings (SSSR count). The van der Waals surface area contributed by atoms with Gasteiger partial charge in [-0.05, 0) is 24.3 Å². The Morgan fingerprint density at radius 2 is 1.78 bits per heavy atom. The van der Waals surface area contributed by atoms with Crippen LogP contribution in [0.25, 0.3) is 0 Å². The summed E-state index contributed by atoms with van der Waals surface area (Å²) in [5, 5.41) is 36.8. The Hall–Kier alpha value is -2.95. The largest absolute Gasteiger partial charge is 0.443 e. The molecule has 0 aliphatic carbocycles. The molecular formula is C16H11FN4O2. The summed E-state index contributed by atoms with van der Waals surface area (Å²) in [5.41, 5.74) is -3.15. The standard InChI is InChI=1S/C16H11FN4O2/c1-10-15(8-20)13(21)23-16(10,11-2-4-12(17)5-3-11)22-9-14(15,6-18)7-19/h2-5,10,21H,9H2,1H3. The van der Waals surface area contributed by atoms with Crippen LogP contribution in [-0.4, -0.2) is 12.5 Å². The van der Waals surface area contributed by atoms with E-state index in [0.717, 1.165) is 0 Å². The molecule has 2 aliphatic heterocycles. The summed E-state index contributed by atoms with van der Waals surface area (Å²) in [4.78, 5) is 0. The summed E-state index contributed by atoms with van der Waals surface area (Å²) in [6, 6.07) is 11.0. The number of fused-ring (bicyclic) bond motifs is 2. The first kappa shape index (κ1) is 15.0. The highest BCUT2D eigenvalue weighted by Crippen LogP contribution is 2.63. The zero-order valence-corrected chi connectivity index (χ0v) is 12.1. The lowest BCUT2D eigenvalue weighted by atomic mass is 9.57. The number of hydrogen-bond donors (Lipinski definition) is 1. The van der Waals surface area contributed by atoms with Gasteiger partial charge in [0.25, 0.3) is 0 Å². The number of nitrogens with one attached hydrogen (secondary N) is 1. The second kappa shape index (κ2) is 4.52. The van der Waals surface area contributed by atoms with E-state index in [-0.39, 0.29) is 6.61 Å². The predicted octanol–water partition coefficient (Wildman–Crippen LogP) is 2.20. The molecule has 1 aromatic carbocycles. The maximum absolute atomic E-state index is 13.2. The van der Waals surface area contributed by atoms with Gasteiger partial charge in [-0.15, -0.1) is 0 Å². The van der Waals surface area contributed by atoms with Gasteiger partial charge >= 0.3 is 0 Å². The fourth-order valence-electron chi connectivity index (χ4n) is 3.43. The van der Waals surface area contributed by atoms with Crippen molar-refractivity contribution in [3.05, 3.63) is 35.6 Å². The zero-order valence-electron chi connectivity index (χ0n) is 12.1. The Morgan fingerprint density at radius 1 is 1.17 bits per heavy atom. The fraction of sp³-hybridized carbons (Fsp3) is 0.375. The van der Waals surface area contributed by atoms with Gasteiger partial charge in [-0.3, -0.25) is 5.41 Å². The summed E-state index contributed by atoms with van der Waals surface area (Å²) >= 11 is 0. The Balaban J connectivity index is 2.23. The van der Waals surface area contributed by atoms with Gasteiger partial charge in [0.15, 0.2) is 10.8 Å². The van der Waals surface area contributed by atoms with Crippen LogP contribution in [0.2, 0.25) is 0 Å². The van der Waals surface area contributed by atoms with E-state index in [2.05, 4.69) is 0 Å². The van der Waals surface area contributed by atoms with Crippen molar-refractivity contribution in [3.8, 4) is 18.2 Å². The summed E-state index contributed by atoms with van der Waals surface area (Å²) < 4.78 is 24.5. The molecule has 2 fully saturated rings. The first-order chi connectivity index (χ1) is 10.9. The first-order valence-electron chi connectivity index (χ1n) is 6.84. The molecule has 7 heteroatoms. The Labute approximate surface area is 131 Å². The van der Waals surface area contributed by atoms with Gasteiger partial charge < -0.3 is 9.47 Å². The molecule has 6 nitrogen and oxygen atoms in total. The minimum atomic E-state index is -1.84. The summed E-state index contributed by atoms with van der Waals surface area (Å²) in [6.07, 6.45) is 0. The van der Waals surface area contributed by atoms with E-state index in [1.807, 2.05) is 18.2 Å². The van der Waals surface area contributed by atoms with E-state index >= 15 is 0 Å². The van der Waals surface area contributed by atoms with Gasteiger partial charge in [-0.2, -0.15) is 15.8 Å². The quantitative estimate of drug-likeness (QED) is 0.854. The van der Waals surface area contributed by atoms with E-state index in [1.54, 1.807) is 6.92 Å². The third kappa shape index (κ3) is 1.49. The lowest BCUT2D eigenvalue weighted by Gasteiger charge is -2.44. The summed E-state index contributed by atoms with van der Waals surface area (Å²) in [5.74, 6) is -3.21. The zero-order chi connectivity index (χ0) is 16.9. The first-order valence-corrected chi connectivity index (χ1v) is 6.84. The fourth-order valence-corrected chi connectivity index (χ4v) is 3.43. The van der Waals surface area contributed by atoms with Gasteiger partial charge in [0, 0.05) is 5.56 Å². The van der Waals surface area contributed by atoms with Crippen LogP contribution < -0.4 is 0 Å². The number of rotatable bonds is 1. The molecule has 2 bridgehead atoms. The van der Waals surface area contributed by atoms with Crippen molar-refractivity contribution >= 4 is 5.90 Å². The molecule has 0 spiro atoms. The van der Waals surface area contributed by atoms with Crippen LogP contribution in [0.4, 0.5) is 4.39 Å². The van der Waals surface area contributed by atoms with E-state index < -0.39 is 34.2 Å². The number of halogens is 1. The van der Waals surface area contributed by atoms with Gasteiger partial charge in [0.05, 0.1) is 30.7 Å². The van der Waals surface area contributed by atoms with Crippen LogP contribution in [0.3, 0.4) is 0 Å². The molecule has 0 amide bonds. The van der Waals surface area contributed by atoms with Crippen LogP contribution in [0.5, 0.6) is 0 Å². The second-order valence-corrected chi connectivity index (χ2v) is 5.66. The summed E-state index contributed by atoms with van der Waals surface area (Å²) in [7, 11) is 0. The highest BCUT2D eigenvalue weighted by molar-refractivity contribution is 5.89. The lowest BCUT2D eigenvalue weighted by Crippen LogP contribution is -2.56. The molecule has 1 N–H and O–H groups in total. The Morgan fingerprint density at radius 3 is 2.30 bits per heavy atom. The third-order valence-corrected chi connectivity index (χ3v) is 4.81. The minimum Gasteiger partial charge on any atom is -0.443 e. The monoisotopic (exact) mass is 310 g/mol. The van der Waals surface area contributed by atoms with Crippen molar-refractivity contribution in [1.82, 2.24) is 0 Å². The highest BCUT2D eigenvalue weighted by atomic mass is 19.1. The van der Waals surface area contributed by atoms with Gasteiger partial charge in [-0.1, -0.05) is 6.92 Å². The molecular weight excluding hydrogens is 299 g/mol. The maximum Gasteiger partial charge on any atom is 0.243 e. The van der Waals surface area contributed by atoms with Crippen molar-refractivity contribution in [2.24, 2.45) is 16.7 Å². The molecule has 23 heavy (non-hydrogen) atoms. The molecule has 3 atom stereocenters. The highest BCUT2D eigenvalue weighted by Gasteiger charge is 2.76. The molecule has 0 saturated carbocycles. The van der Waals surface area contributed by atoms with Gasteiger partial charge in [0.2, 0.25) is 11.7 Å². The molecule has 2 aliphatic rings. The average molecular weight is 310 g/mol. The molecule has 2 saturated heterocycles. The topological polar surface area (TPSA) is 114 Å². The predicted molar refractivity (Wildman–Crippen MR) is 73.7 cm³/mol. The summed E-state index contributed by atoms with van der Waals surface area (Å²) in [6.45, 7) is 1.22. The van der Waals surface area contributed by atoms with E-state index in [1.165, 1.54) is 24.3 Å². The number of benzene rings is 1. The molecule has 1 aromatic rings. The van der Waals surface area contributed by atoms with E-state index in [0.29, 0.717) is 5.56 Å². The molecule has 114 valence electrons. The van der Waals surface area contributed by atoms with E-state index in [9.17, 15) is 20.2 Å². The number of nitrogens with zero attached hydrogens (tertiary/aromatic N) is 3. The van der Waals surface area contributed by atoms with Crippen LogP contribution in [0.1, 0.15) is 12.5 Å². The maximum atomic E-state index is 13.2. The van der Waals surface area contributed by atoms with Gasteiger partial charge in [-0.25, -0.2) is 4.39 Å². The smallest absolute Gasteiger partial charge is 0.243 e. The average Bonchev–Trinajstić information content (AvgIpc) is 2.72. The van der Waals surface area contributed by atoms with Crippen molar-refractivity contribution in [2.45, 2.75) is 12.7 Å². The Kier molecular flexibility index (Phi) is 2.94. The molecule has 3 unspecified atom stereocenters. The minimum absolute atomic E-state index is 0.377. The van der Waals surface area contributed by atoms with Crippen molar-refractivity contribution in [1.29, 1.82) is 21.2 Å². The van der Waals surface area contributed by atoms with E-state index in [4.69, 9.17) is 14.9 Å². The Bertz CT molecular complexity index is 802. The molecule has 0 radical (unpaired) electrons. The number of hydrogen-bond acceptors (Lipinski definition) is 6.